The van der Waals surface area contributed by atoms with Crippen LogP contribution in [0.2, 0.25) is 0 Å². The fourth-order valence-corrected chi connectivity index (χ4v) is 1.81. The van der Waals surface area contributed by atoms with Crippen molar-refractivity contribution < 1.29 is 14.4 Å². The lowest BCUT2D eigenvalue weighted by Gasteiger charge is -2.05. The molecule has 1 amide bonds. The quantitative estimate of drug-likeness (QED) is 0.912. The highest BCUT2D eigenvalue weighted by atomic mass is 79.9. The van der Waals surface area contributed by atoms with Gasteiger partial charge in [0.25, 0.3) is 5.91 Å². The number of phenolic OH excluding ortho intramolecular Hbond substituents is 1. The van der Waals surface area contributed by atoms with Gasteiger partial charge in [-0.1, -0.05) is 21.1 Å². The molecular weight excluding hydrogens is 300 g/mol. The van der Waals surface area contributed by atoms with Gasteiger partial charge in [0.2, 0.25) is 0 Å². The Morgan fingerprint density at radius 2 is 2.28 bits per heavy atom. The van der Waals surface area contributed by atoms with Crippen LogP contribution in [-0.2, 0) is 6.54 Å². The highest BCUT2D eigenvalue weighted by molar-refractivity contribution is 9.10. The molecule has 1 aromatic carbocycles. The van der Waals surface area contributed by atoms with E-state index in [1.165, 1.54) is 6.07 Å². The van der Waals surface area contributed by atoms with Gasteiger partial charge in [0.05, 0.1) is 17.8 Å². The van der Waals surface area contributed by atoms with Gasteiger partial charge in [0.1, 0.15) is 5.75 Å². The first kappa shape index (κ1) is 12.6. The van der Waals surface area contributed by atoms with E-state index in [2.05, 4.69) is 26.4 Å². The average molecular weight is 311 g/mol. The molecule has 0 bridgehead atoms. The molecule has 0 fully saturated rings. The number of hydrogen-bond donors (Lipinski definition) is 2. The van der Waals surface area contributed by atoms with E-state index in [1.807, 2.05) is 0 Å². The van der Waals surface area contributed by atoms with E-state index < -0.39 is 0 Å². The Morgan fingerprint density at radius 3 is 2.94 bits per heavy atom. The fraction of sp³-hybridized carbons (Fsp3) is 0.167. The Bertz CT molecular complexity index is 580. The Kier molecular flexibility index (Phi) is 3.66. The predicted molar refractivity (Wildman–Crippen MR) is 68.2 cm³/mol. The lowest BCUT2D eigenvalue weighted by molar-refractivity contribution is 0.0944. The number of benzene rings is 1. The number of nitrogens with one attached hydrogen (secondary N) is 1. The molecule has 94 valence electrons. The van der Waals surface area contributed by atoms with Crippen molar-refractivity contribution in [3.05, 3.63) is 45.8 Å². The highest BCUT2D eigenvalue weighted by Crippen LogP contribution is 2.21. The van der Waals surface area contributed by atoms with Crippen molar-refractivity contribution in [2.24, 2.45) is 0 Å². The molecule has 0 saturated carbocycles. The second kappa shape index (κ2) is 5.22. The van der Waals surface area contributed by atoms with Crippen LogP contribution in [0.3, 0.4) is 0 Å². The van der Waals surface area contributed by atoms with Crippen molar-refractivity contribution >= 4 is 21.8 Å². The third-order valence-corrected chi connectivity index (χ3v) is 2.80. The number of aryl methyl sites for hydroxylation is 1. The van der Waals surface area contributed by atoms with Crippen LogP contribution in [0.15, 0.2) is 33.3 Å². The fourth-order valence-electron chi connectivity index (χ4n) is 1.45. The molecule has 0 unspecified atom stereocenters. The second-order valence-corrected chi connectivity index (χ2v) is 4.69. The molecular formula is C12H11BrN2O3. The molecule has 0 spiro atoms. The monoisotopic (exact) mass is 310 g/mol. The normalized spacial score (nSPS) is 10.3. The van der Waals surface area contributed by atoms with Gasteiger partial charge in [0.15, 0.2) is 5.76 Å². The smallest absolute Gasteiger partial charge is 0.255 e. The van der Waals surface area contributed by atoms with E-state index in [0.717, 1.165) is 10.2 Å². The third kappa shape index (κ3) is 2.89. The Morgan fingerprint density at radius 1 is 1.50 bits per heavy atom. The number of aromatic nitrogens is 1. The van der Waals surface area contributed by atoms with Gasteiger partial charge >= 0.3 is 0 Å². The summed E-state index contributed by atoms with van der Waals surface area (Å²) in [5.41, 5.74) is 0.963. The van der Waals surface area contributed by atoms with Crippen LogP contribution >= 0.6 is 15.9 Å². The van der Waals surface area contributed by atoms with Crippen molar-refractivity contribution in [3.63, 3.8) is 0 Å². The maximum Gasteiger partial charge on any atom is 0.255 e. The van der Waals surface area contributed by atoms with Crippen molar-refractivity contribution in [2.45, 2.75) is 13.5 Å². The number of phenols is 1. The minimum atomic E-state index is -0.372. The number of rotatable bonds is 3. The summed E-state index contributed by atoms with van der Waals surface area (Å²) in [6.45, 7) is 2.03. The van der Waals surface area contributed by atoms with E-state index in [9.17, 15) is 9.90 Å². The molecule has 0 atom stereocenters. The zero-order valence-electron chi connectivity index (χ0n) is 9.61. The standard InChI is InChI=1S/C12H11BrN2O3/c1-7-4-9(18-15-7)6-14-12(17)10-5-8(13)2-3-11(10)16/h2-5,16H,6H2,1H3,(H,14,17). The molecule has 0 aliphatic carbocycles. The van der Waals surface area contributed by atoms with E-state index in [4.69, 9.17) is 4.52 Å². The Hall–Kier alpha value is -1.82. The van der Waals surface area contributed by atoms with Crippen molar-refractivity contribution in [1.29, 1.82) is 0 Å². The summed E-state index contributed by atoms with van der Waals surface area (Å²) in [7, 11) is 0. The van der Waals surface area contributed by atoms with Crippen molar-refractivity contribution in [2.75, 3.05) is 0 Å². The summed E-state index contributed by atoms with van der Waals surface area (Å²) in [5.74, 6) is 0.127. The molecule has 1 heterocycles. The first-order valence-electron chi connectivity index (χ1n) is 5.25. The van der Waals surface area contributed by atoms with Crippen LogP contribution in [0.25, 0.3) is 0 Å². The molecule has 5 nitrogen and oxygen atoms in total. The number of carbonyl (C=O) groups excluding carboxylic acids is 1. The highest BCUT2D eigenvalue weighted by Gasteiger charge is 2.12. The lowest BCUT2D eigenvalue weighted by Crippen LogP contribution is -2.22. The number of hydrogen-bond acceptors (Lipinski definition) is 4. The molecule has 18 heavy (non-hydrogen) atoms. The van der Waals surface area contributed by atoms with E-state index >= 15 is 0 Å². The zero-order valence-corrected chi connectivity index (χ0v) is 11.2. The molecule has 0 saturated heterocycles. The van der Waals surface area contributed by atoms with Crippen molar-refractivity contribution in [1.82, 2.24) is 10.5 Å². The van der Waals surface area contributed by atoms with Gasteiger partial charge in [-0.15, -0.1) is 0 Å². The van der Waals surface area contributed by atoms with Crippen LogP contribution in [-0.4, -0.2) is 16.2 Å². The van der Waals surface area contributed by atoms with Crippen molar-refractivity contribution in [3.8, 4) is 5.75 Å². The van der Waals surface area contributed by atoms with Gasteiger partial charge in [-0.05, 0) is 25.1 Å². The lowest BCUT2D eigenvalue weighted by atomic mass is 10.2. The van der Waals surface area contributed by atoms with Gasteiger partial charge in [-0.3, -0.25) is 4.79 Å². The molecule has 2 aromatic rings. The number of nitrogens with zero attached hydrogens (tertiary/aromatic N) is 1. The van der Waals surface area contributed by atoms with Crippen LogP contribution in [0.4, 0.5) is 0 Å². The first-order chi connectivity index (χ1) is 8.56. The summed E-state index contributed by atoms with van der Waals surface area (Å²) >= 11 is 3.24. The van der Waals surface area contributed by atoms with E-state index in [1.54, 1.807) is 25.1 Å². The first-order valence-corrected chi connectivity index (χ1v) is 6.04. The van der Waals surface area contributed by atoms with Crippen LogP contribution in [0, 0.1) is 6.92 Å². The SMILES string of the molecule is Cc1cc(CNC(=O)c2cc(Br)ccc2O)on1. The third-order valence-electron chi connectivity index (χ3n) is 2.30. The summed E-state index contributed by atoms with van der Waals surface area (Å²) in [5, 5.41) is 15.9. The average Bonchev–Trinajstić information content (AvgIpc) is 2.75. The minimum Gasteiger partial charge on any atom is -0.507 e. The minimum absolute atomic E-state index is 0.0653. The van der Waals surface area contributed by atoms with Crippen LogP contribution in [0.1, 0.15) is 21.8 Å². The van der Waals surface area contributed by atoms with Crippen LogP contribution < -0.4 is 5.32 Å². The molecule has 6 heteroatoms. The molecule has 0 radical (unpaired) electrons. The predicted octanol–water partition coefficient (Wildman–Crippen LogP) is 2.38. The maximum absolute atomic E-state index is 11.8. The van der Waals surface area contributed by atoms with Gasteiger partial charge in [-0.25, -0.2) is 0 Å². The van der Waals surface area contributed by atoms with Gasteiger partial charge < -0.3 is 14.9 Å². The summed E-state index contributed by atoms with van der Waals surface area (Å²) < 4.78 is 5.69. The molecule has 1 aromatic heterocycles. The number of aromatic hydroxyl groups is 1. The van der Waals surface area contributed by atoms with E-state index in [0.29, 0.717) is 5.76 Å². The number of carbonyl (C=O) groups is 1. The maximum atomic E-state index is 11.8. The molecule has 0 aliphatic heterocycles. The largest absolute Gasteiger partial charge is 0.507 e. The summed E-state index contributed by atoms with van der Waals surface area (Å²) in [6, 6.07) is 6.40. The summed E-state index contributed by atoms with van der Waals surface area (Å²) in [4.78, 5) is 11.8. The van der Waals surface area contributed by atoms with Gasteiger partial charge in [-0.2, -0.15) is 0 Å². The number of amides is 1. The van der Waals surface area contributed by atoms with Crippen LogP contribution in [0.5, 0.6) is 5.75 Å². The Balaban J connectivity index is 2.05. The second-order valence-electron chi connectivity index (χ2n) is 3.78. The Labute approximate surface area is 112 Å². The van der Waals surface area contributed by atoms with E-state index in [-0.39, 0.29) is 23.8 Å². The topological polar surface area (TPSA) is 75.4 Å². The van der Waals surface area contributed by atoms with Gasteiger partial charge in [0, 0.05) is 10.5 Å². The molecule has 0 aliphatic rings. The molecule has 2 rings (SSSR count). The zero-order chi connectivity index (χ0) is 13.1. The molecule has 2 N–H and O–H groups in total. The summed E-state index contributed by atoms with van der Waals surface area (Å²) in [6.07, 6.45) is 0. The number of halogens is 1.